The van der Waals surface area contributed by atoms with Gasteiger partial charge in [0.25, 0.3) is 0 Å². The number of benzene rings is 2. The van der Waals surface area contributed by atoms with E-state index in [4.69, 9.17) is 16.6 Å². The highest BCUT2D eigenvalue weighted by molar-refractivity contribution is 6.30. The Bertz CT molecular complexity index is 832. The Kier molecular flexibility index (Phi) is 4.37. The lowest BCUT2D eigenvalue weighted by atomic mass is 10.2. The lowest BCUT2D eigenvalue weighted by molar-refractivity contribution is 0.551. The second-order valence-corrected chi connectivity index (χ2v) is 6.74. The number of nitrogens with zero attached hydrogens (tertiary/aromatic N) is 2. The Morgan fingerprint density at radius 3 is 2.75 bits per heavy atom. The largest absolute Gasteiger partial charge is 0.355 e. The minimum absolute atomic E-state index is 0.494. The molecule has 0 bridgehead atoms. The Morgan fingerprint density at radius 1 is 1.04 bits per heavy atom. The smallest absolute Gasteiger partial charge is 0.129 e. The van der Waals surface area contributed by atoms with Gasteiger partial charge in [-0.05, 0) is 42.3 Å². The van der Waals surface area contributed by atoms with Gasteiger partial charge in [-0.1, -0.05) is 41.9 Å². The minimum atomic E-state index is 0.494. The van der Waals surface area contributed by atoms with Crippen LogP contribution in [0.5, 0.6) is 0 Å². The maximum atomic E-state index is 5.93. The van der Waals surface area contributed by atoms with E-state index in [0.29, 0.717) is 6.04 Å². The van der Waals surface area contributed by atoms with Crippen LogP contribution in [0.15, 0.2) is 60.7 Å². The number of nitrogens with one attached hydrogen (secondary N) is 1. The number of rotatable bonds is 4. The number of pyridine rings is 1. The molecule has 2 heterocycles. The third-order valence-electron chi connectivity index (χ3n) is 4.60. The summed E-state index contributed by atoms with van der Waals surface area (Å²) in [5, 5.41) is 5.62. The second-order valence-electron chi connectivity index (χ2n) is 6.30. The first-order chi connectivity index (χ1) is 11.8. The molecule has 4 rings (SSSR count). The van der Waals surface area contributed by atoms with Crippen molar-refractivity contribution in [2.75, 3.05) is 18.0 Å². The lowest BCUT2D eigenvalue weighted by Gasteiger charge is -2.18. The molecular weight excluding hydrogens is 318 g/mol. The number of halogens is 1. The quantitative estimate of drug-likeness (QED) is 0.771. The van der Waals surface area contributed by atoms with E-state index in [1.807, 2.05) is 18.2 Å². The van der Waals surface area contributed by atoms with Crippen LogP contribution in [0.3, 0.4) is 0 Å². The molecular formula is C20H20ClN3. The summed E-state index contributed by atoms with van der Waals surface area (Å²) in [4.78, 5) is 7.17. The van der Waals surface area contributed by atoms with Crippen molar-refractivity contribution in [1.82, 2.24) is 10.3 Å². The Balaban J connectivity index is 1.39. The van der Waals surface area contributed by atoms with Crippen LogP contribution in [-0.2, 0) is 6.54 Å². The predicted molar refractivity (Wildman–Crippen MR) is 101 cm³/mol. The highest BCUT2D eigenvalue weighted by atomic mass is 35.5. The molecule has 1 aliphatic rings. The molecule has 0 amide bonds. The third-order valence-corrected chi connectivity index (χ3v) is 4.86. The number of fused-ring (bicyclic) bond motifs is 1. The van der Waals surface area contributed by atoms with Crippen LogP contribution in [0.25, 0.3) is 10.9 Å². The van der Waals surface area contributed by atoms with Gasteiger partial charge in [0, 0.05) is 36.1 Å². The van der Waals surface area contributed by atoms with Crippen molar-refractivity contribution in [3.8, 4) is 0 Å². The zero-order valence-corrected chi connectivity index (χ0v) is 14.2. The topological polar surface area (TPSA) is 28.2 Å². The maximum Gasteiger partial charge on any atom is 0.129 e. The predicted octanol–water partition coefficient (Wildman–Crippen LogP) is 4.26. The van der Waals surface area contributed by atoms with Gasteiger partial charge in [-0.25, -0.2) is 4.98 Å². The van der Waals surface area contributed by atoms with Gasteiger partial charge in [0.15, 0.2) is 0 Å². The normalized spacial score (nSPS) is 17.5. The zero-order chi connectivity index (χ0) is 16.4. The van der Waals surface area contributed by atoms with Gasteiger partial charge in [0.2, 0.25) is 0 Å². The van der Waals surface area contributed by atoms with Crippen molar-refractivity contribution in [3.63, 3.8) is 0 Å². The molecule has 1 atom stereocenters. The molecule has 0 spiro atoms. The standard InChI is InChI=1S/C20H20ClN3/c21-17-8-5-15(6-9-17)13-22-18-11-12-24(14-18)20-10-7-16-3-1-2-4-19(16)23-20/h1-10,18,22H,11-14H2/t18-/m0/s1. The van der Waals surface area contributed by atoms with Gasteiger partial charge in [0.05, 0.1) is 5.52 Å². The van der Waals surface area contributed by atoms with Crippen LogP contribution in [0, 0.1) is 0 Å². The highest BCUT2D eigenvalue weighted by Crippen LogP contribution is 2.22. The fraction of sp³-hybridized carbons (Fsp3) is 0.250. The summed E-state index contributed by atoms with van der Waals surface area (Å²) in [5.74, 6) is 1.07. The molecule has 1 fully saturated rings. The van der Waals surface area contributed by atoms with Crippen LogP contribution >= 0.6 is 11.6 Å². The van der Waals surface area contributed by atoms with Crippen LogP contribution in [0.1, 0.15) is 12.0 Å². The Morgan fingerprint density at radius 2 is 1.88 bits per heavy atom. The molecule has 24 heavy (non-hydrogen) atoms. The number of hydrogen-bond acceptors (Lipinski definition) is 3. The summed E-state index contributed by atoms with van der Waals surface area (Å²) >= 11 is 5.93. The Hall–Kier alpha value is -2.10. The molecule has 1 N–H and O–H groups in total. The van der Waals surface area contributed by atoms with Crippen molar-refractivity contribution in [3.05, 3.63) is 71.2 Å². The van der Waals surface area contributed by atoms with Crippen molar-refractivity contribution >= 4 is 28.3 Å². The molecule has 122 valence electrons. The highest BCUT2D eigenvalue weighted by Gasteiger charge is 2.23. The van der Waals surface area contributed by atoms with Crippen molar-refractivity contribution < 1.29 is 0 Å². The first kappa shape index (κ1) is 15.4. The van der Waals surface area contributed by atoms with Crippen molar-refractivity contribution in [2.24, 2.45) is 0 Å². The van der Waals surface area contributed by atoms with Crippen molar-refractivity contribution in [2.45, 2.75) is 19.0 Å². The number of para-hydroxylation sites is 1. The van der Waals surface area contributed by atoms with Gasteiger partial charge in [0.1, 0.15) is 5.82 Å². The number of aromatic nitrogens is 1. The summed E-state index contributed by atoms with van der Waals surface area (Å²) in [6, 6.07) is 21.1. The molecule has 0 radical (unpaired) electrons. The van der Waals surface area contributed by atoms with Gasteiger partial charge >= 0.3 is 0 Å². The minimum Gasteiger partial charge on any atom is -0.355 e. The molecule has 4 heteroatoms. The monoisotopic (exact) mass is 337 g/mol. The first-order valence-electron chi connectivity index (χ1n) is 8.36. The van der Waals surface area contributed by atoms with Crippen molar-refractivity contribution in [1.29, 1.82) is 0 Å². The van der Waals surface area contributed by atoms with E-state index in [1.54, 1.807) is 0 Å². The number of hydrogen-bond donors (Lipinski definition) is 1. The molecule has 0 aliphatic carbocycles. The molecule has 1 saturated heterocycles. The van der Waals surface area contributed by atoms with E-state index < -0.39 is 0 Å². The zero-order valence-electron chi connectivity index (χ0n) is 13.5. The maximum absolute atomic E-state index is 5.93. The van der Waals surface area contributed by atoms with E-state index >= 15 is 0 Å². The van der Waals surface area contributed by atoms with Crippen LogP contribution in [0.4, 0.5) is 5.82 Å². The third kappa shape index (κ3) is 3.37. The summed E-state index contributed by atoms with van der Waals surface area (Å²) in [5.41, 5.74) is 2.33. The van der Waals surface area contributed by atoms with Gasteiger partial charge in [-0.2, -0.15) is 0 Å². The summed E-state index contributed by atoms with van der Waals surface area (Å²) in [6.07, 6.45) is 1.14. The van der Waals surface area contributed by atoms with Gasteiger partial charge in [-0.3, -0.25) is 0 Å². The van der Waals surface area contributed by atoms with E-state index in [9.17, 15) is 0 Å². The molecule has 2 aromatic carbocycles. The Labute approximate surface area is 147 Å². The van der Waals surface area contributed by atoms with E-state index in [1.165, 1.54) is 10.9 Å². The average molecular weight is 338 g/mol. The molecule has 0 saturated carbocycles. The lowest BCUT2D eigenvalue weighted by Crippen LogP contribution is -2.32. The fourth-order valence-corrected chi connectivity index (χ4v) is 3.36. The average Bonchev–Trinajstić information content (AvgIpc) is 3.10. The molecule has 1 aromatic heterocycles. The van der Waals surface area contributed by atoms with E-state index in [0.717, 1.165) is 42.4 Å². The molecule has 1 aliphatic heterocycles. The van der Waals surface area contributed by atoms with Crippen LogP contribution in [-0.4, -0.2) is 24.1 Å². The van der Waals surface area contributed by atoms with E-state index in [2.05, 4.69) is 52.7 Å². The number of anilines is 1. The second kappa shape index (κ2) is 6.80. The SMILES string of the molecule is Clc1ccc(CN[C@H]2CCN(c3ccc4ccccc4n3)C2)cc1. The van der Waals surface area contributed by atoms with E-state index in [-0.39, 0.29) is 0 Å². The summed E-state index contributed by atoms with van der Waals surface area (Å²) in [7, 11) is 0. The van der Waals surface area contributed by atoms with Gasteiger partial charge < -0.3 is 10.2 Å². The molecule has 3 nitrogen and oxygen atoms in total. The van der Waals surface area contributed by atoms with Gasteiger partial charge in [-0.15, -0.1) is 0 Å². The molecule has 3 aromatic rings. The first-order valence-corrected chi connectivity index (χ1v) is 8.74. The molecule has 0 unspecified atom stereocenters. The fourth-order valence-electron chi connectivity index (χ4n) is 3.23. The van der Waals surface area contributed by atoms with Crippen LogP contribution in [0.2, 0.25) is 5.02 Å². The summed E-state index contributed by atoms with van der Waals surface area (Å²) < 4.78 is 0. The summed E-state index contributed by atoms with van der Waals surface area (Å²) in [6.45, 7) is 2.92. The van der Waals surface area contributed by atoms with Crippen LogP contribution < -0.4 is 10.2 Å².